The molecule has 0 unspecified atom stereocenters. The van der Waals surface area contributed by atoms with E-state index in [1.807, 2.05) is 38.4 Å². The number of carbonyl (C=O) groups is 2. The van der Waals surface area contributed by atoms with E-state index in [0.717, 1.165) is 18.5 Å². The zero-order chi connectivity index (χ0) is 17.2. The molecule has 23 heavy (non-hydrogen) atoms. The highest BCUT2D eigenvalue weighted by Gasteiger charge is 2.13. The van der Waals surface area contributed by atoms with Gasteiger partial charge in [0.25, 0.3) is 0 Å². The summed E-state index contributed by atoms with van der Waals surface area (Å²) in [6, 6.07) is 7.54. The molecule has 0 bridgehead atoms. The quantitative estimate of drug-likeness (QED) is 0.698. The fourth-order valence-corrected chi connectivity index (χ4v) is 2.37. The van der Waals surface area contributed by atoms with E-state index < -0.39 is 0 Å². The third-order valence-corrected chi connectivity index (χ3v) is 3.68. The van der Waals surface area contributed by atoms with Gasteiger partial charge in [-0.2, -0.15) is 0 Å². The molecular weight excluding hydrogens is 314 g/mol. The Balaban J connectivity index is 2.39. The van der Waals surface area contributed by atoms with Crippen LogP contribution in [0.2, 0.25) is 5.02 Å². The SMILES string of the molecule is CC(=O)N(CCc1cccc(Cl)c1)CC(=O)NCCCN(C)C. The number of nitrogens with zero attached hydrogens (tertiary/aromatic N) is 2. The van der Waals surface area contributed by atoms with Crippen LogP contribution < -0.4 is 5.32 Å². The Morgan fingerprint density at radius 1 is 1.22 bits per heavy atom. The number of rotatable bonds is 9. The van der Waals surface area contributed by atoms with Gasteiger partial charge in [0.1, 0.15) is 0 Å². The van der Waals surface area contributed by atoms with Crippen molar-refractivity contribution in [1.29, 1.82) is 0 Å². The smallest absolute Gasteiger partial charge is 0.239 e. The molecule has 5 nitrogen and oxygen atoms in total. The first-order valence-corrected chi connectivity index (χ1v) is 8.17. The van der Waals surface area contributed by atoms with E-state index in [1.54, 1.807) is 4.90 Å². The first-order valence-electron chi connectivity index (χ1n) is 7.80. The summed E-state index contributed by atoms with van der Waals surface area (Å²) < 4.78 is 0. The number of carbonyl (C=O) groups excluding carboxylic acids is 2. The summed E-state index contributed by atoms with van der Waals surface area (Å²) in [4.78, 5) is 27.3. The number of benzene rings is 1. The van der Waals surface area contributed by atoms with Crippen molar-refractivity contribution in [2.45, 2.75) is 19.8 Å². The first kappa shape index (κ1) is 19.5. The molecule has 1 aromatic carbocycles. The number of hydrogen-bond acceptors (Lipinski definition) is 3. The van der Waals surface area contributed by atoms with Crippen molar-refractivity contribution < 1.29 is 9.59 Å². The minimum absolute atomic E-state index is 0.0951. The molecule has 1 aromatic rings. The summed E-state index contributed by atoms with van der Waals surface area (Å²) in [5.41, 5.74) is 1.05. The van der Waals surface area contributed by atoms with Gasteiger partial charge in [-0.15, -0.1) is 0 Å². The number of amides is 2. The van der Waals surface area contributed by atoms with E-state index in [-0.39, 0.29) is 18.4 Å². The standard InChI is InChI=1S/C17H26ClN3O2/c1-14(22)21(11-8-15-6-4-7-16(18)12-15)13-17(23)19-9-5-10-20(2)3/h4,6-7,12H,5,8-11,13H2,1-3H3,(H,19,23). The molecule has 0 aromatic heterocycles. The van der Waals surface area contributed by atoms with Gasteiger partial charge < -0.3 is 15.1 Å². The Hall–Kier alpha value is -1.59. The fraction of sp³-hybridized carbons (Fsp3) is 0.529. The Morgan fingerprint density at radius 3 is 2.57 bits per heavy atom. The van der Waals surface area contributed by atoms with E-state index in [2.05, 4.69) is 10.2 Å². The van der Waals surface area contributed by atoms with Crippen molar-refractivity contribution in [1.82, 2.24) is 15.1 Å². The van der Waals surface area contributed by atoms with Crippen LogP contribution >= 0.6 is 11.6 Å². The number of nitrogens with one attached hydrogen (secondary N) is 1. The van der Waals surface area contributed by atoms with Crippen molar-refractivity contribution in [3.05, 3.63) is 34.9 Å². The van der Waals surface area contributed by atoms with E-state index in [4.69, 9.17) is 11.6 Å². The van der Waals surface area contributed by atoms with Crippen LogP contribution in [0.5, 0.6) is 0 Å². The van der Waals surface area contributed by atoms with Gasteiger partial charge >= 0.3 is 0 Å². The van der Waals surface area contributed by atoms with Gasteiger partial charge in [0.2, 0.25) is 11.8 Å². The molecule has 128 valence electrons. The lowest BCUT2D eigenvalue weighted by Crippen LogP contribution is -2.41. The highest BCUT2D eigenvalue weighted by Crippen LogP contribution is 2.11. The molecule has 0 radical (unpaired) electrons. The van der Waals surface area contributed by atoms with Crippen molar-refractivity contribution >= 4 is 23.4 Å². The van der Waals surface area contributed by atoms with E-state index in [1.165, 1.54) is 6.92 Å². The molecule has 1 rings (SSSR count). The molecule has 0 heterocycles. The maximum absolute atomic E-state index is 11.9. The summed E-state index contributed by atoms with van der Waals surface area (Å²) in [5.74, 6) is -0.222. The molecule has 0 saturated carbocycles. The summed E-state index contributed by atoms with van der Waals surface area (Å²) in [7, 11) is 3.99. The second-order valence-corrected chi connectivity index (χ2v) is 6.26. The Labute approximate surface area is 143 Å². The minimum Gasteiger partial charge on any atom is -0.355 e. The number of halogens is 1. The predicted molar refractivity (Wildman–Crippen MR) is 93.6 cm³/mol. The monoisotopic (exact) mass is 339 g/mol. The lowest BCUT2D eigenvalue weighted by atomic mass is 10.1. The van der Waals surface area contributed by atoms with E-state index in [9.17, 15) is 9.59 Å². The largest absolute Gasteiger partial charge is 0.355 e. The van der Waals surface area contributed by atoms with Gasteiger partial charge in [0, 0.05) is 25.0 Å². The zero-order valence-electron chi connectivity index (χ0n) is 14.1. The summed E-state index contributed by atoms with van der Waals surface area (Å²) in [5, 5.41) is 3.53. The van der Waals surface area contributed by atoms with Crippen molar-refractivity contribution in [2.24, 2.45) is 0 Å². The normalized spacial score (nSPS) is 10.7. The van der Waals surface area contributed by atoms with Crippen LogP contribution in [-0.2, 0) is 16.0 Å². The first-order chi connectivity index (χ1) is 10.9. The zero-order valence-corrected chi connectivity index (χ0v) is 14.9. The third-order valence-electron chi connectivity index (χ3n) is 3.44. The second-order valence-electron chi connectivity index (χ2n) is 5.83. The van der Waals surface area contributed by atoms with Crippen LogP contribution in [0.4, 0.5) is 0 Å². The Kier molecular flexibility index (Phi) is 8.66. The van der Waals surface area contributed by atoms with Crippen molar-refractivity contribution in [2.75, 3.05) is 40.3 Å². The predicted octanol–water partition coefficient (Wildman–Crippen LogP) is 1.80. The molecule has 0 atom stereocenters. The molecule has 6 heteroatoms. The molecule has 0 spiro atoms. The Bertz CT molecular complexity index is 520. The maximum atomic E-state index is 11.9. The topological polar surface area (TPSA) is 52.7 Å². The van der Waals surface area contributed by atoms with Crippen LogP contribution in [-0.4, -0.2) is 61.9 Å². The lowest BCUT2D eigenvalue weighted by Gasteiger charge is -2.20. The van der Waals surface area contributed by atoms with Crippen LogP contribution in [0.1, 0.15) is 18.9 Å². The molecule has 0 aliphatic heterocycles. The molecule has 2 amide bonds. The Morgan fingerprint density at radius 2 is 1.96 bits per heavy atom. The van der Waals surface area contributed by atoms with Crippen molar-refractivity contribution in [3.8, 4) is 0 Å². The van der Waals surface area contributed by atoms with Gasteiger partial charge in [0.05, 0.1) is 6.54 Å². The summed E-state index contributed by atoms with van der Waals surface area (Å²) in [6.07, 6.45) is 1.56. The summed E-state index contributed by atoms with van der Waals surface area (Å²) >= 11 is 5.95. The molecule has 0 aliphatic carbocycles. The molecule has 0 saturated heterocycles. The van der Waals surface area contributed by atoms with Gasteiger partial charge in [-0.3, -0.25) is 9.59 Å². The maximum Gasteiger partial charge on any atom is 0.239 e. The number of hydrogen-bond donors (Lipinski definition) is 1. The third kappa shape index (κ3) is 8.57. The molecule has 0 fully saturated rings. The highest BCUT2D eigenvalue weighted by molar-refractivity contribution is 6.30. The van der Waals surface area contributed by atoms with E-state index >= 15 is 0 Å². The van der Waals surface area contributed by atoms with Gasteiger partial charge in [-0.05, 0) is 51.2 Å². The van der Waals surface area contributed by atoms with Crippen LogP contribution in [0.25, 0.3) is 0 Å². The lowest BCUT2D eigenvalue weighted by molar-refractivity contribution is -0.134. The van der Waals surface area contributed by atoms with Crippen LogP contribution in [0.15, 0.2) is 24.3 Å². The minimum atomic E-state index is -0.120. The summed E-state index contributed by atoms with van der Waals surface area (Å²) in [6.45, 7) is 3.62. The van der Waals surface area contributed by atoms with Crippen molar-refractivity contribution in [3.63, 3.8) is 0 Å². The van der Waals surface area contributed by atoms with Gasteiger partial charge in [0.15, 0.2) is 0 Å². The molecular formula is C17H26ClN3O2. The van der Waals surface area contributed by atoms with Crippen LogP contribution in [0, 0.1) is 0 Å². The average Bonchev–Trinajstić information content (AvgIpc) is 2.47. The molecule has 1 N–H and O–H groups in total. The van der Waals surface area contributed by atoms with Gasteiger partial charge in [-0.25, -0.2) is 0 Å². The average molecular weight is 340 g/mol. The van der Waals surface area contributed by atoms with Gasteiger partial charge in [-0.1, -0.05) is 23.7 Å². The van der Waals surface area contributed by atoms with E-state index in [0.29, 0.717) is 24.5 Å². The van der Waals surface area contributed by atoms with Crippen LogP contribution in [0.3, 0.4) is 0 Å². The second kappa shape index (κ2) is 10.2. The fourth-order valence-electron chi connectivity index (χ4n) is 2.16. The highest BCUT2D eigenvalue weighted by atomic mass is 35.5. The molecule has 0 aliphatic rings.